The van der Waals surface area contributed by atoms with Gasteiger partial charge < -0.3 is 19.2 Å². The number of methoxy groups -OCH3 is 1. The van der Waals surface area contributed by atoms with E-state index in [2.05, 4.69) is 150 Å². The van der Waals surface area contributed by atoms with Crippen LogP contribution in [0.25, 0.3) is 0 Å². The third kappa shape index (κ3) is 4.59. The van der Waals surface area contributed by atoms with Crippen LogP contribution in [0, 0.1) is 0 Å². The molecule has 2 aliphatic rings. The van der Waals surface area contributed by atoms with Crippen molar-refractivity contribution in [3.63, 3.8) is 0 Å². The average Bonchev–Trinajstić information content (AvgIpc) is 2.77. The number of carbonyl (C=O) groups excluding carboxylic acids is 1. The number of piperidine rings is 1. The van der Waals surface area contributed by atoms with Gasteiger partial charge >= 0.3 is 0 Å². The highest BCUT2D eigenvalue weighted by Crippen LogP contribution is 2.78. The van der Waals surface area contributed by atoms with E-state index in [-0.39, 0.29) is 32.1 Å². The normalized spacial score (nSPS) is 25.3. The first kappa shape index (κ1) is 34.0. The molecule has 4 nitrogen and oxygen atoms in total. The van der Waals surface area contributed by atoms with Gasteiger partial charge in [-0.05, 0) is 45.5 Å². The number of ether oxygens (including phenoxy) is 2. The fourth-order valence-corrected chi connectivity index (χ4v) is 9.46. The fourth-order valence-electron chi connectivity index (χ4n) is 9.46. The van der Waals surface area contributed by atoms with Gasteiger partial charge in [0, 0.05) is 17.9 Å². The van der Waals surface area contributed by atoms with Crippen LogP contribution in [0.4, 0.5) is 0 Å². The van der Waals surface area contributed by atoms with E-state index in [0.29, 0.717) is 5.78 Å². The number of rotatable bonds is 7. The Labute approximate surface area is 260 Å². The van der Waals surface area contributed by atoms with Crippen molar-refractivity contribution in [2.45, 2.75) is 54.4 Å². The third-order valence-electron chi connectivity index (χ3n) is 12.2. The van der Waals surface area contributed by atoms with E-state index < -0.39 is 15.9 Å². The maximum atomic E-state index is 15.4. The lowest BCUT2D eigenvalue weighted by atomic mass is 9.03. The zero-order valence-electron chi connectivity index (χ0n) is 29.3. The second kappa shape index (κ2) is 9.78. The first-order valence-electron chi connectivity index (χ1n) is 15.4. The van der Waals surface area contributed by atoms with E-state index in [9.17, 15) is 0 Å². The molecule has 0 radical (unpaired) electrons. The molecule has 2 aliphatic heterocycles. The van der Waals surface area contributed by atoms with Crippen molar-refractivity contribution < 1.29 is 14.3 Å². The molecule has 21 heteroatoms. The summed E-state index contributed by atoms with van der Waals surface area (Å²) >= 11 is 0. The van der Waals surface area contributed by atoms with Gasteiger partial charge in [-0.1, -0.05) is 10.5 Å². The zero-order valence-corrected chi connectivity index (χ0v) is 29.3. The number of benzene rings is 1. The molecule has 1 aromatic rings. The van der Waals surface area contributed by atoms with Crippen molar-refractivity contribution in [3.05, 3.63) is 23.3 Å². The van der Waals surface area contributed by atoms with E-state index >= 15 is 4.79 Å². The van der Waals surface area contributed by atoms with Crippen molar-refractivity contribution in [1.82, 2.24) is 4.90 Å². The summed E-state index contributed by atoms with van der Waals surface area (Å²) in [6.07, 6.45) is 0.915. The largest absolute Gasteiger partial charge is 0.510 e. The van der Waals surface area contributed by atoms with E-state index in [1.54, 1.807) is 7.11 Å². The van der Waals surface area contributed by atoms with Crippen LogP contribution in [-0.2, 0) is 11.2 Å². The Balaban J connectivity index is 2.32. The Morgan fingerprint density at radius 2 is 1.32 bits per heavy atom. The minimum Gasteiger partial charge on any atom is -0.510 e. The van der Waals surface area contributed by atoms with Crippen molar-refractivity contribution in [1.29, 1.82) is 0 Å². The van der Waals surface area contributed by atoms with Gasteiger partial charge in [0.1, 0.15) is 76.4 Å². The van der Waals surface area contributed by atoms with Crippen LogP contribution in [0.2, 0.25) is 31.3 Å². The SMILES string of the molecule is BC(B)(B)Oc1cc2c(cc1OC)CCN1C2C(B)(B)C(=O)C(B)(C(B)(B)C(B)(C(B)(B)B)C(B)(B)B)C1(B)B. The average molecular weight is 518 g/mol. The Kier molecular flexibility index (Phi) is 8.33. The molecule has 1 aromatic carbocycles. The fraction of sp³-hybridized carbons (Fsp3) is 0.632. The van der Waals surface area contributed by atoms with Gasteiger partial charge in [0.05, 0.1) is 69.9 Å². The summed E-state index contributed by atoms with van der Waals surface area (Å²) < 4.78 is 12.2. The van der Waals surface area contributed by atoms with Crippen LogP contribution >= 0.6 is 0 Å². The molecule has 40 heavy (non-hydrogen) atoms. The lowest BCUT2D eigenvalue weighted by molar-refractivity contribution is -0.133. The van der Waals surface area contributed by atoms with Crippen LogP contribution in [0.15, 0.2) is 12.1 Å². The van der Waals surface area contributed by atoms with Crippen LogP contribution in [0.1, 0.15) is 17.2 Å². The first-order chi connectivity index (χ1) is 17.6. The molecule has 3 rings (SSSR count). The van der Waals surface area contributed by atoms with Crippen molar-refractivity contribution >= 4 is 139 Å². The van der Waals surface area contributed by atoms with Crippen molar-refractivity contribution in [2.24, 2.45) is 0 Å². The summed E-state index contributed by atoms with van der Waals surface area (Å²) in [6, 6.07) is 4.27. The predicted octanol–water partition coefficient (Wildman–Crippen LogP) is -13.7. The lowest BCUT2D eigenvalue weighted by Crippen LogP contribution is -2.75. The molecule has 0 saturated carbocycles. The Hall–Kier alpha value is -0.446. The number of carbonyl (C=O) groups is 1. The molecular weight excluding hydrogens is 474 g/mol. The van der Waals surface area contributed by atoms with Crippen LogP contribution in [0.3, 0.4) is 0 Å². The van der Waals surface area contributed by atoms with Crippen molar-refractivity contribution in [2.75, 3.05) is 13.7 Å². The zero-order chi connectivity index (χ0) is 31.3. The van der Waals surface area contributed by atoms with Gasteiger partial charge in [0.25, 0.3) is 0 Å². The molecule has 0 aromatic heterocycles. The van der Waals surface area contributed by atoms with Gasteiger partial charge in [-0.2, -0.15) is 0 Å². The summed E-state index contributed by atoms with van der Waals surface area (Å²) in [4.78, 5) is 18.0. The smallest absolute Gasteiger partial charge is 0.160 e. The molecule has 2 atom stereocenters. The van der Waals surface area contributed by atoms with E-state index in [0.717, 1.165) is 24.5 Å². The van der Waals surface area contributed by atoms with Gasteiger partial charge in [0.15, 0.2) is 11.5 Å². The summed E-state index contributed by atoms with van der Waals surface area (Å²) in [7, 11) is 40.6. The van der Waals surface area contributed by atoms with Crippen molar-refractivity contribution in [3.8, 4) is 11.5 Å². The highest BCUT2D eigenvalue weighted by Gasteiger charge is 2.71. The van der Waals surface area contributed by atoms with Crippen LogP contribution in [0.5, 0.6) is 11.5 Å². The standard InChI is InChI=1S/C19H44B17NO3/c1-39-8-4-6-2-3-37-10(7(6)5-9(8)40-19(34,35)36)12(20,21)11(38)13(22,18(37,32)33)15(24,25)14(23,16(26,27)28)17(29,30)31/h4-5,10H,2-3,20-36H2,1H3. The van der Waals surface area contributed by atoms with Crippen LogP contribution in [-0.4, -0.2) is 168 Å². The minimum atomic E-state index is -0.621. The van der Waals surface area contributed by atoms with Crippen LogP contribution < -0.4 is 9.47 Å². The number of fused-ring (bicyclic) bond motifs is 3. The number of ketones is 1. The Morgan fingerprint density at radius 1 is 0.825 bits per heavy atom. The number of hydrogen-bond acceptors (Lipinski definition) is 4. The number of Topliss-reactive ketones (excluding diaryl/α,β-unsaturated/α-hetero) is 1. The molecule has 2 unspecified atom stereocenters. The molecule has 194 valence electrons. The molecule has 0 spiro atoms. The molecule has 0 bridgehead atoms. The third-order valence-corrected chi connectivity index (χ3v) is 12.2. The van der Waals surface area contributed by atoms with Gasteiger partial charge in [0.2, 0.25) is 0 Å². The Morgan fingerprint density at radius 3 is 1.75 bits per heavy atom. The maximum absolute atomic E-state index is 15.4. The summed E-state index contributed by atoms with van der Waals surface area (Å²) in [5.74, 6) is 1.87. The first-order valence-corrected chi connectivity index (χ1v) is 15.4. The van der Waals surface area contributed by atoms with Gasteiger partial charge in [-0.25, -0.2) is 0 Å². The Bertz CT molecular complexity index is 1170. The molecule has 0 aliphatic carbocycles. The van der Waals surface area contributed by atoms with E-state index in [1.165, 1.54) is 11.1 Å². The summed E-state index contributed by atoms with van der Waals surface area (Å²) in [6.45, 7) is 0.900. The molecule has 0 amide bonds. The molecule has 1 fully saturated rings. The lowest BCUT2D eigenvalue weighted by Gasteiger charge is -2.75. The summed E-state index contributed by atoms with van der Waals surface area (Å²) in [5.41, 5.74) is 2.46. The highest BCUT2D eigenvalue weighted by atomic mass is 16.5. The monoisotopic (exact) mass is 521 g/mol. The van der Waals surface area contributed by atoms with E-state index in [1.807, 2.05) is 0 Å². The molecule has 1 saturated heterocycles. The number of nitrogens with zero attached hydrogens (tertiary/aromatic N) is 1. The second-order valence-electron chi connectivity index (χ2n) is 17.7. The number of hydrogen-bond donors (Lipinski definition) is 0. The molecule has 2 heterocycles. The van der Waals surface area contributed by atoms with Gasteiger partial charge in [-0.3, -0.25) is 0 Å². The minimum absolute atomic E-state index is 0.0284. The quantitative estimate of drug-likeness (QED) is 0.337. The highest BCUT2D eigenvalue weighted by molar-refractivity contribution is 6.74. The molecule has 0 N–H and O–H groups in total. The predicted molar refractivity (Wildman–Crippen MR) is 219 cm³/mol. The van der Waals surface area contributed by atoms with Gasteiger partial charge in [-0.15, -0.1) is 10.2 Å². The summed E-state index contributed by atoms with van der Waals surface area (Å²) in [5, 5.41) is -2.54. The topological polar surface area (TPSA) is 38.8 Å². The molecular formula is C19H44B17NO3. The maximum Gasteiger partial charge on any atom is 0.160 e. The second-order valence-corrected chi connectivity index (χ2v) is 17.7. The van der Waals surface area contributed by atoms with E-state index in [4.69, 9.17) is 9.47 Å².